The van der Waals surface area contributed by atoms with Crippen molar-refractivity contribution in [3.05, 3.63) is 0 Å². The van der Waals surface area contributed by atoms with Gasteiger partial charge in [-0.3, -0.25) is 4.90 Å². The van der Waals surface area contributed by atoms with E-state index in [1.807, 2.05) is 0 Å². The van der Waals surface area contributed by atoms with Crippen LogP contribution in [0.15, 0.2) is 0 Å². The summed E-state index contributed by atoms with van der Waals surface area (Å²) in [6, 6.07) is 1.40. The van der Waals surface area contributed by atoms with Crippen molar-refractivity contribution in [3.8, 4) is 0 Å². The van der Waals surface area contributed by atoms with Gasteiger partial charge in [-0.25, -0.2) is 0 Å². The van der Waals surface area contributed by atoms with Crippen LogP contribution in [0.4, 0.5) is 0 Å². The summed E-state index contributed by atoms with van der Waals surface area (Å²) in [6.07, 6.45) is 0. The van der Waals surface area contributed by atoms with E-state index in [2.05, 4.69) is 31.0 Å². The standard InChI is InChI=1S/C8H18N2.2ClH/c1-4-10-6-7(2)9-5-8(10)3;;/h7-9H,4-6H2,1-3H3;2*1H/t7-,8-;;/m1../s1. The van der Waals surface area contributed by atoms with E-state index in [1.54, 1.807) is 0 Å². The molecule has 1 rings (SSSR count). The average Bonchev–Trinajstić information content (AvgIpc) is 1.94. The SMILES string of the molecule is CCN1C[C@@H](C)NC[C@H]1C.Cl.Cl. The van der Waals surface area contributed by atoms with E-state index in [0.29, 0.717) is 6.04 Å². The van der Waals surface area contributed by atoms with Gasteiger partial charge < -0.3 is 5.32 Å². The zero-order valence-corrected chi connectivity index (χ0v) is 9.67. The Hall–Kier alpha value is 0.500. The number of piperazine rings is 1. The molecule has 2 nitrogen and oxygen atoms in total. The summed E-state index contributed by atoms with van der Waals surface area (Å²) in [5.41, 5.74) is 0. The molecule has 1 saturated heterocycles. The van der Waals surface area contributed by atoms with E-state index >= 15 is 0 Å². The number of nitrogens with one attached hydrogen (secondary N) is 1. The highest BCUT2D eigenvalue weighted by Gasteiger charge is 2.19. The van der Waals surface area contributed by atoms with E-state index in [9.17, 15) is 0 Å². The molecule has 1 aliphatic heterocycles. The van der Waals surface area contributed by atoms with E-state index in [4.69, 9.17) is 0 Å². The molecule has 0 unspecified atom stereocenters. The lowest BCUT2D eigenvalue weighted by atomic mass is 10.1. The zero-order valence-electron chi connectivity index (χ0n) is 8.04. The quantitative estimate of drug-likeness (QED) is 0.713. The van der Waals surface area contributed by atoms with Gasteiger partial charge in [0.2, 0.25) is 0 Å². The molecule has 0 radical (unpaired) electrons. The fraction of sp³-hybridized carbons (Fsp3) is 1.00. The van der Waals surface area contributed by atoms with Crippen LogP contribution < -0.4 is 5.32 Å². The first-order valence-electron chi connectivity index (χ1n) is 4.21. The third kappa shape index (κ3) is 3.94. The predicted octanol–water partition coefficient (Wildman–Crippen LogP) is 1.53. The lowest BCUT2D eigenvalue weighted by molar-refractivity contribution is 0.154. The minimum atomic E-state index is 0. The predicted molar refractivity (Wildman–Crippen MR) is 58.7 cm³/mol. The second-order valence-corrected chi connectivity index (χ2v) is 3.25. The van der Waals surface area contributed by atoms with Crippen LogP contribution in [0.1, 0.15) is 20.8 Å². The summed E-state index contributed by atoms with van der Waals surface area (Å²) in [6.45, 7) is 10.3. The number of likely N-dealkylation sites (N-methyl/N-ethyl adjacent to an activating group) is 1. The van der Waals surface area contributed by atoms with Gasteiger partial charge in [0.1, 0.15) is 0 Å². The van der Waals surface area contributed by atoms with Crippen molar-refractivity contribution in [1.82, 2.24) is 10.2 Å². The maximum Gasteiger partial charge on any atom is 0.0193 e. The molecule has 0 aromatic carbocycles. The van der Waals surface area contributed by atoms with Gasteiger partial charge in [0, 0.05) is 25.2 Å². The topological polar surface area (TPSA) is 15.3 Å². The van der Waals surface area contributed by atoms with Crippen LogP contribution in [-0.4, -0.2) is 36.6 Å². The molecule has 1 N–H and O–H groups in total. The molecule has 0 aromatic heterocycles. The molecule has 0 aromatic rings. The summed E-state index contributed by atoms with van der Waals surface area (Å²) >= 11 is 0. The Kier molecular flexibility index (Phi) is 8.69. The number of hydrogen-bond donors (Lipinski definition) is 1. The van der Waals surface area contributed by atoms with Gasteiger partial charge in [-0.15, -0.1) is 24.8 Å². The van der Waals surface area contributed by atoms with Crippen LogP contribution in [-0.2, 0) is 0 Å². The molecule has 0 saturated carbocycles. The minimum absolute atomic E-state index is 0. The second kappa shape index (κ2) is 6.96. The molecular weight excluding hydrogens is 195 g/mol. The highest BCUT2D eigenvalue weighted by Crippen LogP contribution is 2.04. The molecule has 4 heteroatoms. The van der Waals surface area contributed by atoms with Gasteiger partial charge in [-0.2, -0.15) is 0 Å². The smallest absolute Gasteiger partial charge is 0.0193 e. The maximum atomic E-state index is 3.45. The van der Waals surface area contributed by atoms with Gasteiger partial charge in [0.05, 0.1) is 0 Å². The number of halogens is 2. The Balaban J connectivity index is 0. The molecule has 1 fully saturated rings. The number of rotatable bonds is 1. The first-order chi connectivity index (χ1) is 4.74. The van der Waals surface area contributed by atoms with E-state index in [0.717, 1.165) is 12.6 Å². The third-order valence-electron chi connectivity index (χ3n) is 2.30. The van der Waals surface area contributed by atoms with E-state index < -0.39 is 0 Å². The van der Waals surface area contributed by atoms with Crippen LogP contribution in [0.3, 0.4) is 0 Å². The van der Waals surface area contributed by atoms with Gasteiger partial charge in [-0.1, -0.05) is 6.92 Å². The van der Waals surface area contributed by atoms with Crippen LogP contribution >= 0.6 is 24.8 Å². The molecular formula is C8H20Cl2N2. The van der Waals surface area contributed by atoms with Gasteiger partial charge >= 0.3 is 0 Å². The van der Waals surface area contributed by atoms with E-state index in [1.165, 1.54) is 13.1 Å². The summed E-state index contributed by atoms with van der Waals surface area (Å²) in [5, 5.41) is 3.45. The van der Waals surface area contributed by atoms with Crippen LogP contribution in [0.5, 0.6) is 0 Å². The molecule has 0 bridgehead atoms. The summed E-state index contributed by atoms with van der Waals surface area (Å²) < 4.78 is 0. The third-order valence-corrected chi connectivity index (χ3v) is 2.30. The Bertz CT molecular complexity index is 111. The van der Waals surface area contributed by atoms with Crippen molar-refractivity contribution in [2.45, 2.75) is 32.9 Å². The molecule has 76 valence electrons. The van der Waals surface area contributed by atoms with Crippen molar-refractivity contribution >= 4 is 24.8 Å². The van der Waals surface area contributed by atoms with Crippen molar-refractivity contribution in [3.63, 3.8) is 0 Å². The van der Waals surface area contributed by atoms with Crippen molar-refractivity contribution < 1.29 is 0 Å². The zero-order chi connectivity index (χ0) is 7.56. The highest BCUT2D eigenvalue weighted by atomic mass is 35.5. The highest BCUT2D eigenvalue weighted by molar-refractivity contribution is 5.85. The van der Waals surface area contributed by atoms with Crippen molar-refractivity contribution in [2.75, 3.05) is 19.6 Å². The summed E-state index contributed by atoms with van der Waals surface area (Å²) in [5.74, 6) is 0. The largest absolute Gasteiger partial charge is 0.311 e. The Labute approximate surface area is 87.9 Å². The van der Waals surface area contributed by atoms with Crippen molar-refractivity contribution in [2.24, 2.45) is 0 Å². The first-order valence-corrected chi connectivity index (χ1v) is 4.21. The molecule has 2 atom stereocenters. The Morgan fingerprint density at radius 1 is 1.33 bits per heavy atom. The van der Waals surface area contributed by atoms with E-state index in [-0.39, 0.29) is 24.8 Å². The fourth-order valence-electron chi connectivity index (χ4n) is 1.54. The molecule has 0 aliphatic carbocycles. The van der Waals surface area contributed by atoms with Crippen LogP contribution in [0.25, 0.3) is 0 Å². The van der Waals surface area contributed by atoms with Crippen LogP contribution in [0.2, 0.25) is 0 Å². The molecule has 0 amide bonds. The monoisotopic (exact) mass is 214 g/mol. The first kappa shape index (κ1) is 15.0. The summed E-state index contributed by atoms with van der Waals surface area (Å²) in [4.78, 5) is 2.52. The second-order valence-electron chi connectivity index (χ2n) is 3.25. The normalized spacial score (nSPS) is 30.2. The lowest BCUT2D eigenvalue weighted by Crippen LogP contribution is -2.53. The molecule has 1 aliphatic rings. The van der Waals surface area contributed by atoms with Gasteiger partial charge in [-0.05, 0) is 20.4 Å². The number of nitrogens with zero attached hydrogens (tertiary/aromatic N) is 1. The maximum absolute atomic E-state index is 3.45. The van der Waals surface area contributed by atoms with Gasteiger partial charge in [0.15, 0.2) is 0 Å². The molecule has 1 heterocycles. The molecule has 0 spiro atoms. The number of hydrogen-bond acceptors (Lipinski definition) is 2. The average molecular weight is 215 g/mol. The van der Waals surface area contributed by atoms with Crippen molar-refractivity contribution in [1.29, 1.82) is 0 Å². The van der Waals surface area contributed by atoms with Crippen LogP contribution in [0, 0.1) is 0 Å². The summed E-state index contributed by atoms with van der Waals surface area (Å²) in [7, 11) is 0. The Morgan fingerprint density at radius 2 is 1.92 bits per heavy atom. The Morgan fingerprint density at radius 3 is 2.33 bits per heavy atom. The minimum Gasteiger partial charge on any atom is -0.311 e. The lowest BCUT2D eigenvalue weighted by Gasteiger charge is -2.36. The van der Waals surface area contributed by atoms with Gasteiger partial charge in [0.25, 0.3) is 0 Å². The molecule has 12 heavy (non-hydrogen) atoms. The fourth-order valence-corrected chi connectivity index (χ4v) is 1.54.